The van der Waals surface area contributed by atoms with E-state index in [-0.39, 0.29) is 18.9 Å². The third-order valence-electron chi connectivity index (χ3n) is 3.67. The predicted octanol–water partition coefficient (Wildman–Crippen LogP) is 3.76. The smallest absolute Gasteiger partial charge is 0.407 e. The fourth-order valence-corrected chi connectivity index (χ4v) is 2.48. The van der Waals surface area contributed by atoms with Crippen LogP contribution in [0.3, 0.4) is 0 Å². The van der Waals surface area contributed by atoms with Crippen LogP contribution in [0.4, 0.5) is 4.79 Å². The van der Waals surface area contributed by atoms with Gasteiger partial charge in [-0.1, -0.05) is 48.5 Å². The maximum Gasteiger partial charge on any atom is 0.407 e. The fraction of sp³-hybridized carbons (Fsp3) is 0.364. The Labute approximate surface area is 166 Å². The standard InChI is InChI=1S/C22H28N2O4/c1-22(2,3)28-21(26)24-14-13-20(25)23-15-16-27-19-12-8-7-11-18(19)17-9-5-4-6-10-17/h4-12H,13-16H2,1-3H3,(H,23,25)(H,24,26). The molecule has 2 N–H and O–H groups in total. The van der Waals surface area contributed by atoms with E-state index in [1.54, 1.807) is 20.8 Å². The van der Waals surface area contributed by atoms with Crippen molar-refractivity contribution in [2.75, 3.05) is 19.7 Å². The fourth-order valence-electron chi connectivity index (χ4n) is 2.48. The van der Waals surface area contributed by atoms with Gasteiger partial charge >= 0.3 is 6.09 Å². The first kappa shape index (κ1) is 21.3. The lowest BCUT2D eigenvalue weighted by Crippen LogP contribution is -2.35. The molecule has 0 heterocycles. The number of alkyl carbamates (subject to hydrolysis) is 1. The summed E-state index contributed by atoms with van der Waals surface area (Å²) in [5.74, 6) is 0.616. The molecular weight excluding hydrogens is 356 g/mol. The SMILES string of the molecule is CC(C)(C)OC(=O)NCCC(=O)NCCOc1ccccc1-c1ccccc1. The molecule has 0 saturated carbocycles. The zero-order chi connectivity index (χ0) is 20.4. The lowest BCUT2D eigenvalue weighted by molar-refractivity contribution is -0.121. The minimum absolute atomic E-state index is 0.156. The van der Waals surface area contributed by atoms with Crippen LogP contribution in [0.2, 0.25) is 0 Å². The maximum atomic E-state index is 11.9. The van der Waals surface area contributed by atoms with Crippen molar-refractivity contribution in [3.8, 4) is 16.9 Å². The van der Waals surface area contributed by atoms with Crippen LogP contribution in [0, 0.1) is 0 Å². The molecule has 0 unspecified atom stereocenters. The van der Waals surface area contributed by atoms with Crippen LogP contribution < -0.4 is 15.4 Å². The first-order chi connectivity index (χ1) is 13.3. The largest absolute Gasteiger partial charge is 0.491 e. The monoisotopic (exact) mass is 384 g/mol. The minimum atomic E-state index is -0.556. The summed E-state index contributed by atoms with van der Waals surface area (Å²) in [5, 5.41) is 5.34. The van der Waals surface area contributed by atoms with E-state index in [4.69, 9.17) is 9.47 Å². The number of ether oxygens (including phenoxy) is 2. The maximum absolute atomic E-state index is 11.9. The average molecular weight is 384 g/mol. The molecule has 0 atom stereocenters. The van der Waals surface area contributed by atoms with Gasteiger partial charge in [-0.3, -0.25) is 4.79 Å². The molecule has 6 nitrogen and oxygen atoms in total. The highest BCUT2D eigenvalue weighted by Gasteiger charge is 2.15. The van der Waals surface area contributed by atoms with E-state index in [9.17, 15) is 9.59 Å². The molecule has 0 spiro atoms. The second kappa shape index (κ2) is 10.3. The van der Waals surface area contributed by atoms with Crippen LogP contribution in [0.15, 0.2) is 54.6 Å². The summed E-state index contributed by atoms with van der Waals surface area (Å²) in [4.78, 5) is 23.4. The number of benzene rings is 2. The number of nitrogens with one attached hydrogen (secondary N) is 2. The molecule has 0 aliphatic carbocycles. The Kier molecular flexibility index (Phi) is 7.87. The van der Waals surface area contributed by atoms with Gasteiger partial charge in [0.15, 0.2) is 0 Å². The topological polar surface area (TPSA) is 76.7 Å². The zero-order valence-corrected chi connectivity index (χ0v) is 16.7. The predicted molar refractivity (Wildman–Crippen MR) is 109 cm³/mol. The molecule has 0 bridgehead atoms. The van der Waals surface area contributed by atoms with Crippen LogP contribution in [-0.4, -0.2) is 37.3 Å². The van der Waals surface area contributed by atoms with Crippen molar-refractivity contribution >= 4 is 12.0 Å². The van der Waals surface area contributed by atoms with Gasteiger partial charge in [0, 0.05) is 18.5 Å². The molecule has 6 heteroatoms. The number of para-hydroxylation sites is 1. The van der Waals surface area contributed by atoms with Crippen LogP contribution in [0.5, 0.6) is 5.75 Å². The lowest BCUT2D eigenvalue weighted by atomic mass is 10.1. The lowest BCUT2D eigenvalue weighted by Gasteiger charge is -2.19. The van der Waals surface area contributed by atoms with Crippen molar-refractivity contribution in [2.24, 2.45) is 0 Å². The molecule has 2 aromatic carbocycles. The minimum Gasteiger partial charge on any atom is -0.491 e. The Morgan fingerprint density at radius 3 is 2.29 bits per heavy atom. The van der Waals surface area contributed by atoms with Gasteiger partial charge in [0.25, 0.3) is 0 Å². The average Bonchev–Trinajstić information content (AvgIpc) is 2.65. The van der Waals surface area contributed by atoms with Gasteiger partial charge in [0.2, 0.25) is 5.91 Å². The summed E-state index contributed by atoms with van der Waals surface area (Å²) >= 11 is 0. The molecular formula is C22H28N2O4. The number of rotatable bonds is 8. The summed E-state index contributed by atoms with van der Waals surface area (Å²) in [7, 11) is 0. The Hall–Kier alpha value is -3.02. The van der Waals surface area contributed by atoms with Gasteiger partial charge in [-0.2, -0.15) is 0 Å². The summed E-state index contributed by atoms with van der Waals surface area (Å²) in [5.41, 5.74) is 1.53. The van der Waals surface area contributed by atoms with Crippen molar-refractivity contribution in [3.63, 3.8) is 0 Å². The summed E-state index contributed by atoms with van der Waals surface area (Å²) in [6.07, 6.45) is -0.346. The van der Waals surface area contributed by atoms with E-state index >= 15 is 0 Å². The normalized spacial score (nSPS) is 10.8. The van der Waals surface area contributed by atoms with Gasteiger partial charge < -0.3 is 20.1 Å². The first-order valence-corrected chi connectivity index (χ1v) is 9.36. The first-order valence-electron chi connectivity index (χ1n) is 9.36. The van der Waals surface area contributed by atoms with Crippen molar-refractivity contribution in [1.82, 2.24) is 10.6 Å². The summed E-state index contributed by atoms with van der Waals surface area (Å²) in [6, 6.07) is 17.8. The number of hydrogen-bond acceptors (Lipinski definition) is 4. The highest BCUT2D eigenvalue weighted by molar-refractivity contribution is 5.77. The van der Waals surface area contributed by atoms with E-state index in [0.717, 1.165) is 16.9 Å². The third-order valence-corrected chi connectivity index (χ3v) is 3.67. The van der Waals surface area contributed by atoms with Crippen LogP contribution in [0.1, 0.15) is 27.2 Å². The van der Waals surface area contributed by atoms with Gasteiger partial charge in [-0.05, 0) is 32.4 Å². The van der Waals surface area contributed by atoms with Crippen molar-refractivity contribution in [3.05, 3.63) is 54.6 Å². The van der Waals surface area contributed by atoms with Crippen molar-refractivity contribution < 1.29 is 19.1 Å². The van der Waals surface area contributed by atoms with Crippen LogP contribution in [-0.2, 0) is 9.53 Å². The van der Waals surface area contributed by atoms with Gasteiger partial charge in [0.05, 0.1) is 6.54 Å². The molecule has 0 aliphatic rings. The van der Waals surface area contributed by atoms with Crippen molar-refractivity contribution in [1.29, 1.82) is 0 Å². The molecule has 0 aliphatic heterocycles. The van der Waals surface area contributed by atoms with Crippen molar-refractivity contribution in [2.45, 2.75) is 32.8 Å². The van der Waals surface area contributed by atoms with Crippen LogP contribution in [0.25, 0.3) is 11.1 Å². The highest BCUT2D eigenvalue weighted by atomic mass is 16.6. The second-order valence-electron chi connectivity index (χ2n) is 7.24. The second-order valence-corrected chi connectivity index (χ2v) is 7.24. The van der Waals surface area contributed by atoms with Crippen LogP contribution >= 0.6 is 0 Å². The Morgan fingerprint density at radius 1 is 0.893 bits per heavy atom. The van der Waals surface area contributed by atoms with E-state index in [2.05, 4.69) is 10.6 Å². The number of hydrogen-bond donors (Lipinski definition) is 2. The number of carbonyl (C=O) groups is 2. The quantitative estimate of drug-likeness (QED) is 0.680. The molecule has 2 aromatic rings. The molecule has 28 heavy (non-hydrogen) atoms. The Balaban J connectivity index is 1.69. The van der Waals surface area contributed by atoms with Gasteiger partial charge in [-0.15, -0.1) is 0 Å². The number of carbonyl (C=O) groups excluding carboxylic acids is 2. The number of amides is 2. The third kappa shape index (κ3) is 7.70. The molecule has 0 fully saturated rings. The molecule has 0 aromatic heterocycles. The molecule has 2 amide bonds. The zero-order valence-electron chi connectivity index (χ0n) is 16.7. The molecule has 150 valence electrons. The molecule has 2 rings (SSSR count). The van der Waals surface area contributed by atoms with Gasteiger partial charge in [-0.25, -0.2) is 4.79 Å². The Bertz CT molecular complexity index is 770. The molecule has 0 radical (unpaired) electrons. The van der Waals surface area contributed by atoms with E-state index in [1.165, 1.54) is 0 Å². The Morgan fingerprint density at radius 2 is 1.57 bits per heavy atom. The van der Waals surface area contributed by atoms with E-state index in [1.807, 2.05) is 54.6 Å². The van der Waals surface area contributed by atoms with E-state index in [0.29, 0.717) is 13.2 Å². The highest BCUT2D eigenvalue weighted by Crippen LogP contribution is 2.29. The van der Waals surface area contributed by atoms with E-state index < -0.39 is 11.7 Å². The van der Waals surface area contributed by atoms with Gasteiger partial charge in [0.1, 0.15) is 18.0 Å². The summed E-state index contributed by atoms with van der Waals surface area (Å²) < 4.78 is 10.9. The molecule has 0 saturated heterocycles. The summed E-state index contributed by atoms with van der Waals surface area (Å²) in [6.45, 7) is 6.32.